The van der Waals surface area contributed by atoms with Crippen LogP contribution in [0.15, 0.2) is 12.1 Å². The molecule has 4 aliphatic rings. The van der Waals surface area contributed by atoms with Crippen LogP contribution >= 0.6 is 0 Å². The molecule has 1 aromatic carbocycles. The molecular formula is C18H19FN2O6S. The number of fused-ring (bicyclic) bond motifs is 4. The number of halogens is 1. The number of carbonyl (C=O) groups is 2. The van der Waals surface area contributed by atoms with E-state index in [1.54, 1.807) is 6.07 Å². The summed E-state index contributed by atoms with van der Waals surface area (Å²) >= 11 is 0. The highest BCUT2D eigenvalue weighted by Gasteiger charge is 2.60. The van der Waals surface area contributed by atoms with Crippen molar-refractivity contribution < 1.29 is 31.9 Å². The SMILES string of the molecule is COC(=O)NC[C@@H]1OC(=O)N2c3cc(F)c(C4C5CS(=O)(=O)CC54)cc3C[C@@H]12. The number of anilines is 1. The lowest BCUT2D eigenvalue weighted by atomic mass is 10.00. The molecule has 2 saturated heterocycles. The molecule has 1 aliphatic carbocycles. The largest absolute Gasteiger partial charge is 0.453 e. The summed E-state index contributed by atoms with van der Waals surface area (Å²) < 4.78 is 48.0. The number of hydrogen-bond acceptors (Lipinski definition) is 6. The van der Waals surface area contributed by atoms with Gasteiger partial charge in [0, 0.05) is 0 Å². The molecule has 4 atom stereocenters. The summed E-state index contributed by atoms with van der Waals surface area (Å²) in [5, 5.41) is 2.52. The van der Waals surface area contributed by atoms with Crippen LogP contribution in [-0.4, -0.2) is 57.9 Å². The molecule has 1 saturated carbocycles. The number of nitrogens with zero attached hydrogens (tertiary/aromatic N) is 1. The number of carbonyl (C=O) groups excluding carboxylic acids is 2. The Labute approximate surface area is 160 Å². The molecule has 10 heteroatoms. The number of sulfone groups is 1. The fourth-order valence-corrected chi connectivity index (χ4v) is 7.23. The van der Waals surface area contributed by atoms with Gasteiger partial charge in [-0.3, -0.25) is 4.90 Å². The first-order chi connectivity index (χ1) is 13.3. The predicted octanol–water partition coefficient (Wildman–Crippen LogP) is 1.19. The third-order valence-corrected chi connectivity index (χ3v) is 8.10. The Hall–Kier alpha value is -2.36. The molecule has 3 fully saturated rings. The van der Waals surface area contributed by atoms with Crippen molar-refractivity contribution in [1.29, 1.82) is 0 Å². The topological polar surface area (TPSA) is 102 Å². The average molecular weight is 410 g/mol. The zero-order chi connectivity index (χ0) is 19.8. The first kappa shape index (κ1) is 17.7. The minimum Gasteiger partial charge on any atom is -0.453 e. The van der Waals surface area contributed by atoms with Crippen LogP contribution < -0.4 is 10.2 Å². The molecule has 28 heavy (non-hydrogen) atoms. The third kappa shape index (κ3) is 2.57. The number of amides is 2. The highest BCUT2D eigenvalue weighted by Crippen LogP contribution is 2.60. The van der Waals surface area contributed by atoms with Crippen molar-refractivity contribution in [3.05, 3.63) is 29.1 Å². The highest BCUT2D eigenvalue weighted by atomic mass is 32.2. The molecule has 1 N–H and O–H groups in total. The summed E-state index contributed by atoms with van der Waals surface area (Å²) in [6.45, 7) is 0.105. The molecule has 3 aliphatic heterocycles. The van der Waals surface area contributed by atoms with Crippen molar-refractivity contribution in [3.8, 4) is 0 Å². The monoisotopic (exact) mass is 410 g/mol. The van der Waals surface area contributed by atoms with Crippen LogP contribution in [-0.2, 0) is 25.7 Å². The van der Waals surface area contributed by atoms with Gasteiger partial charge in [-0.05, 0) is 41.4 Å². The Balaban J connectivity index is 1.38. The summed E-state index contributed by atoms with van der Waals surface area (Å²) in [5.74, 6) is -0.225. The van der Waals surface area contributed by atoms with Gasteiger partial charge in [0.25, 0.3) is 0 Å². The van der Waals surface area contributed by atoms with Crippen molar-refractivity contribution >= 4 is 27.7 Å². The lowest BCUT2D eigenvalue weighted by molar-refractivity contribution is 0.123. The molecule has 1 aromatic rings. The van der Waals surface area contributed by atoms with E-state index in [0.717, 1.165) is 5.56 Å². The van der Waals surface area contributed by atoms with E-state index >= 15 is 0 Å². The molecule has 0 spiro atoms. The first-order valence-corrected chi connectivity index (χ1v) is 11.0. The molecule has 150 valence electrons. The summed E-state index contributed by atoms with van der Waals surface area (Å²) in [7, 11) is -1.74. The Morgan fingerprint density at radius 3 is 2.75 bits per heavy atom. The Morgan fingerprint density at radius 1 is 1.36 bits per heavy atom. The van der Waals surface area contributed by atoms with Crippen molar-refractivity contribution in [2.75, 3.05) is 30.1 Å². The second-order valence-corrected chi connectivity index (χ2v) is 10.0. The van der Waals surface area contributed by atoms with Crippen LogP contribution in [0.25, 0.3) is 0 Å². The van der Waals surface area contributed by atoms with E-state index in [0.29, 0.717) is 17.7 Å². The summed E-state index contributed by atoms with van der Waals surface area (Å²) in [4.78, 5) is 25.0. The molecule has 2 unspecified atom stereocenters. The minimum atomic E-state index is -2.99. The molecule has 0 radical (unpaired) electrons. The van der Waals surface area contributed by atoms with E-state index < -0.39 is 33.9 Å². The van der Waals surface area contributed by atoms with Gasteiger partial charge < -0.3 is 14.8 Å². The summed E-state index contributed by atoms with van der Waals surface area (Å²) in [6.07, 6.45) is -1.26. The normalized spacial score (nSPS) is 33.7. The number of nitrogens with one attached hydrogen (secondary N) is 1. The van der Waals surface area contributed by atoms with Gasteiger partial charge in [0.05, 0.1) is 36.9 Å². The van der Waals surface area contributed by atoms with Gasteiger partial charge in [-0.15, -0.1) is 0 Å². The maximum atomic E-state index is 14.8. The van der Waals surface area contributed by atoms with Gasteiger partial charge in [-0.25, -0.2) is 22.4 Å². The second kappa shape index (κ2) is 5.82. The van der Waals surface area contributed by atoms with E-state index in [1.165, 1.54) is 18.1 Å². The lowest BCUT2D eigenvalue weighted by Gasteiger charge is -2.16. The van der Waals surface area contributed by atoms with Crippen LogP contribution in [0.5, 0.6) is 0 Å². The number of rotatable bonds is 3. The van der Waals surface area contributed by atoms with E-state index in [9.17, 15) is 22.4 Å². The van der Waals surface area contributed by atoms with E-state index in [1.807, 2.05) is 0 Å². The van der Waals surface area contributed by atoms with Crippen molar-refractivity contribution in [1.82, 2.24) is 5.32 Å². The average Bonchev–Trinajstić information content (AvgIpc) is 2.95. The Bertz CT molecular complexity index is 978. The van der Waals surface area contributed by atoms with Crippen molar-refractivity contribution in [3.63, 3.8) is 0 Å². The highest BCUT2D eigenvalue weighted by molar-refractivity contribution is 7.91. The fraction of sp³-hybridized carbons (Fsp3) is 0.556. The molecule has 0 aromatic heterocycles. The molecule has 2 amide bonds. The van der Waals surface area contributed by atoms with E-state index in [2.05, 4.69) is 10.1 Å². The van der Waals surface area contributed by atoms with Gasteiger partial charge in [0.1, 0.15) is 11.9 Å². The van der Waals surface area contributed by atoms with Crippen molar-refractivity contribution in [2.24, 2.45) is 11.8 Å². The maximum absolute atomic E-state index is 14.8. The number of ether oxygens (including phenoxy) is 2. The third-order valence-electron chi connectivity index (χ3n) is 6.31. The second-order valence-electron chi connectivity index (χ2n) is 7.87. The summed E-state index contributed by atoms with van der Waals surface area (Å²) in [6, 6.07) is 2.80. The number of alkyl carbamates (subject to hydrolysis) is 1. The fourth-order valence-electron chi connectivity index (χ4n) is 5.01. The first-order valence-electron chi connectivity index (χ1n) is 9.13. The van der Waals surface area contributed by atoms with Crippen LogP contribution in [0.4, 0.5) is 19.7 Å². The van der Waals surface area contributed by atoms with Crippen LogP contribution in [0, 0.1) is 17.7 Å². The number of cyclic esters (lactones) is 1. The van der Waals surface area contributed by atoms with E-state index in [4.69, 9.17) is 4.74 Å². The van der Waals surface area contributed by atoms with Gasteiger partial charge in [0.15, 0.2) is 9.84 Å². The van der Waals surface area contributed by atoms with Crippen LogP contribution in [0.1, 0.15) is 17.0 Å². The predicted molar refractivity (Wildman–Crippen MR) is 95.4 cm³/mol. The van der Waals surface area contributed by atoms with E-state index in [-0.39, 0.29) is 41.8 Å². The zero-order valence-electron chi connectivity index (χ0n) is 15.1. The van der Waals surface area contributed by atoms with Gasteiger partial charge in [0.2, 0.25) is 0 Å². The molecular weight excluding hydrogens is 391 g/mol. The molecule has 3 heterocycles. The van der Waals surface area contributed by atoms with Crippen LogP contribution in [0.3, 0.4) is 0 Å². The van der Waals surface area contributed by atoms with Crippen LogP contribution in [0.2, 0.25) is 0 Å². The molecule has 8 nitrogen and oxygen atoms in total. The van der Waals surface area contributed by atoms with Gasteiger partial charge >= 0.3 is 12.2 Å². The Morgan fingerprint density at radius 2 is 2.07 bits per heavy atom. The lowest BCUT2D eigenvalue weighted by Crippen LogP contribution is -2.40. The Kier molecular flexibility index (Phi) is 3.68. The van der Waals surface area contributed by atoms with Gasteiger partial charge in [-0.1, -0.05) is 6.07 Å². The minimum absolute atomic E-state index is 0.000675. The summed E-state index contributed by atoms with van der Waals surface area (Å²) in [5.41, 5.74) is 1.87. The molecule has 0 bridgehead atoms. The number of benzene rings is 1. The smallest absolute Gasteiger partial charge is 0.415 e. The number of methoxy groups -OCH3 is 1. The van der Waals surface area contributed by atoms with Gasteiger partial charge in [-0.2, -0.15) is 0 Å². The standard InChI is InChI=1S/C18H19FN2O6S/c1-26-17(22)20-5-15-14-3-8-2-9(16-10-6-28(24,25)7-11(10)16)12(19)4-13(8)21(14)18(23)27-15/h2,4,10-11,14-16H,3,5-7H2,1H3,(H,20,22)/t10?,11?,14-,15-,16?/m0/s1. The zero-order valence-corrected chi connectivity index (χ0v) is 15.9. The molecule has 5 rings (SSSR count). The quantitative estimate of drug-likeness (QED) is 0.803. The maximum Gasteiger partial charge on any atom is 0.415 e. The number of hydrogen-bond donors (Lipinski definition) is 1. The van der Waals surface area contributed by atoms with Crippen molar-refractivity contribution in [2.45, 2.75) is 24.5 Å².